The van der Waals surface area contributed by atoms with Gasteiger partial charge in [0, 0.05) is 33.2 Å². The SMILES string of the molecule is c1ccc(N(c2ccc3ccccc3c2)c2cccc3oc4cc(-c5ccc6c(c5)c5ccccc5n6-c5ccccc5)c5ccccc5c4c23)cc1. The van der Waals surface area contributed by atoms with Crippen LogP contribution in [0.2, 0.25) is 0 Å². The minimum atomic E-state index is 0.864. The lowest BCUT2D eigenvalue weighted by Gasteiger charge is -2.26. The third-order valence-electron chi connectivity index (χ3n) is 10.7. The van der Waals surface area contributed by atoms with Gasteiger partial charge in [-0.1, -0.05) is 121 Å². The maximum absolute atomic E-state index is 6.84. The van der Waals surface area contributed by atoms with Crippen molar-refractivity contribution >= 4 is 82.4 Å². The molecule has 2 aromatic heterocycles. The van der Waals surface area contributed by atoms with Crippen molar-refractivity contribution in [2.24, 2.45) is 0 Å². The minimum Gasteiger partial charge on any atom is -0.456 e. The smallest absolute Gasteiger partial charge is 0.137 e. The second-order valence-electron chi connectivity index (χ2n) is 13.7. The fourth-order valence-corrected chi connectivity index (χ4v) is 8.40. The molecule has 0 fully saturated rings. The lowest BCUT2D eigenvalue weighted by Crippen LogP contribution is -2.10. The van der Waals surface area contributed by atoms with Crippen molar-refractivity contribution in [2.45, 2.75) is 0 Å². The number of para-hydroxylation sites is 3. The van der Waals surface area contributed by atoms with E-state index in [1.807, 2.05) is 0 Å². The van der Waals surface area contributed by atoms with E-state index in [-0.39, 0.29) is 0 Å². The molecule has 11 aromatic rings. The summed E-state index contributed by atoms with van der Waals surface area (Å²) in [5.74, 6) is 0. The highest BCUT2D eigenvalue weighted by molar-refractivity contribution is 6.26. The summed E-state index contributed by atoms with van der Waals surface area (Å²) in [6.45, 7) is 0. The summed E-state index contributed by atoms with van der Waals surface area (Å²) in [5, 5.41) is 9.48. The third-order valence-corrected chi connectivity index (χ3v) is 10.7. The molecule has 0 radical (unpaired) electrons. The molecule has 0 atom stereocenters. The van der Waals surface area contributed by atoms with Crippen LogP contribution in [0, 0.1) is 0 Å². The summed E-state index contributed by atoms with van der Waals surface area (Å²) in [6, 6.07) is 69.6. The average Bonchev–Trinajstić information content (AvgIpc) is 3.77. The Labute approximate surface area is 306 Å². The standard InChI is InChI=1S/C50H32N2O/c1-3-16-36(17-4-1)51(38-28-26-33-14-7-8-15-34(33)30-38)46-24-13-25-47-50(46)49-41-22-10-9-20-39(41)42(32-48(49)53-47)35-27-29-45-43(31-35)40-21-11-12-23-44(40)52(45)37-18-5-2-6-19-37/h1-32H. The third kappa shape index (κ3) is 4.61. The monoisotopic (exact) mass is 676 g/mol. The van der Waals surface area contributed by atoms with E-state index >= 15 is 0 Å². The number of anilines is 3. The van der Waals surface area contributed by atoms with Gasteiger partial charge >= 0.3 is 0 Å². The van der Waals surface area contributed by atoms with E-state index in [0.29, 0.717) is 0 Å². The van der Waals surface area contributed by atoms with Gasteiger partial charge in [-0.05, 0) is 105 Å². The first-order chi connectivity index (χ1) is 26.3. The van der Waals surface area contributed by atoms with Crippen molar-refractivity contribution in [2.75, 3.05) is 4.90 Å². The number of fused-ring (bicyclic) bond motifs is 9. The number of rotatable bonds is 5. The van der Waals surface area contributed by atoms with Crippen LogP contribution in [0.1, 0.15) is 0 Å². The number of aromatic nitrogens is 1. The van der Waals surface area contributed by atoms with Gasteiger partial charge < -0.3 is 13.9 Å². The van der Waals surface area contributed by atoms with Crippen molar-refractivity contribution in [3.05, 3.63) is 194 Å². The van der Waals surface area contributed by atoms with Gasteiger partial charge in [0.2, 0.25) is 0 Å². The molecular formula is C50H32N2O. The Hall–Kier alpha value is -7.10. The zero-order chi connectivity index (χ0) is 34.9. The average molecular weight is 677 g/mol. The summed E-state index contributed by atoms with van der Waals surface area (Å²) < 4.78 is 9.21. The molecule has 11 rings (SSSR count). The van der Waals surface area contributed by atoms with Crippen LogP contribution in [0.3, 0.4) is 0 Å². The van der Waals surface area contributed by atoms with E-state index in [9.17, 15) is 0 Å². The van der Waals surface area contributed by atoms with Crippen molar-refractivity contribution in [1.29, 1.82) is 0 Å². The van der Waals surface area contributed by atoms with Crippen LogP contribution in [-0.2, 0) is 0 Å². The number of benzene rings is 9. The number of hydrogen-bond acceptors (Lipinski definition) is 2. The summed E-state index contributed by atoms with van der Waals surface area (Å²) in [7, 11) is 0. The molecule has 0 N–H and O–H groups in total. The number of hydrogen-bond donors (Lipinski definition) is 0. The molecule has 0 saturated carbocycles. The van der Waals surface area contributed by atoms with E-state index in [1.165, 1.54) is 43.4 Å². The molecule has 0 bridgehead atoms. The van der Waals surface area contributed by atoms with Gasteiger partial charge in [0.25, 0.3) is 0 Å². The van der Waals surface area contributed by atoms with Crippen molar-refractivity contribution in [3.63, 3.8) is 0 Å². The van der Waals surface area contributed by atoms with Gasteiger partial charge in [-0.15, -0.1) is 0 Å². The molecule has 248 valence electrons. The van der Waals surface area contributed by atoms with Gasteiger partial charge in [0.1, 0.15) is 11.2 Å². The molecule has 2 heterocycles. The molecule has 0 aliphatic rings. The fourth-order valence-electron chi connectivity index (χ4n) is 8.40. The van der Waals surface area contributed by atoms with Gasteiger partial charge in [-0.2, -0.15) is 0 Å². The number of furan rings is 1. The number of nitrogens with zero attached hydrogens (tertiary/aromatic N) is 2. The van der Waals surface area contributed by atoms with E-state index < -0.39 is 0 Å². The van der Waals surface area contributed by atoms with Gasteiger partial charge in [0.05, 0.1) is 22.1 Å². The predicted octanol–water partition coefficient (Wildman–Crippen LogP) is 14.1. The lowest BCUT2D eigenvalue weighted by molar-refractivity contribution is 0.669. The zero-order valence-electron chi connectivity index (χ0n) is 28.8. The maximum Gasteiger partial charge on any atom is 0.137 e. The lowest BCUT2D eigenvalue weighted by atomic mass is 9.93. The molecule has 0 saturated heterocycles. The zero-order valence-corrected chi connectivity index (χ0v) is 28.8. The van der Waals surface area contributed by atoms with E-state index in [4.69, 9.17) is 4.42 Å². The Morgan fingerprint density at radius 2 is 1.09 bits per heavy atom. The fraction of sp³-hybridized carbons (Fsp3) is 0. The summed E-state index contributed by atoms with van der Waals surface area (Å²) in [5.41, 5.74) is 10.9. The highest BCUT2D eigenvalue weighted by Gasteiger charge is 2.22. The van der Waals surface area contributed by atoms with Crippen LogP contribution in [0.4, 0.5) is 17.1 Å². The molecule has 3 heteroatoms. The Bertz CT molecular complexity index is 3170. The Kier molecular flexibility index (Phi) is 6.55. The first-order valence-electron chi connectivity index (χ1n) is 18.1. The Morgan fingerprint density at radius 3 is 1.94 bits per heavy atom. The first-order valence-corrected chi connectivity index (χ1v) is 18.1. The highest BCUT2D eigenvalue weighted by Crippen LogP contribution is 2.47. The molecule has 0 unspecified atom stereocenters. The maximum atomic E-state index is 6.84. The second-order valence-corrected chi connectivity index (χ2v) is 13.7. The molecule has 9 aromatic carbocycles. The van der Waals surface area contributed by atoms with Crippen molar-refractivity contribution < 1.29 is 4.42 Å². The predicted molar refractivity (Wildman–Crippen MR) is 223 cm³/mol. The largest absolute Gasteiger partial charge is 0.456 e. The molecule has 3 nitrogen and oxygen atoms in total. The molecular weight excluding hydrogens is 645 g/mol. The van der Waals surface area contributed by atoms with Gasteiger partial charge in [0.15, 0.2) is 0 Å². The van der Waals surface area contributed by atoms with E-state index in [1.54, 1.807) is 0 Å². The summed E-state index contributed by atoms with van der Waals surface area (Å²) in [4.78, 5) is 2.36. The van der Waals surface area contributed by atoms with Crippen molar-refractivity contribution in [1.82, 2.24) is 4.57 Å². The normalized spacial score (nSPS) is 11.8. The Balaban J connectivity index is 1.16. The quantitative estimate of drug-likeness (QED) is 0.181. The second kappa shape index (κ2) is 11.7. The van der Waals surface area contributed by atoms with Crippen LogP contribution >= 0.6 is 0 Å². The minimum absolute atomic E-state index is 0.864. The first kappa shape index (κ1) is 29.6. The topological polar surface area (TPSA) is 21.3 Å². The van der Waals surface area contributed by atoms with Crippen molar-refractivity contribution in [3.8, 4) is 16.8 Å². The van der Waals surface area contributed by atoms with Crippen LogP contribution < -0.4 is 4.90 Å². The molecule has 53 heavy (non-hydrogen) atoms. The molecule has 0 spiro atoms. The van der Waals surface area contributed by atoms with Crippen LogP contribution in [0.15, 0.2) is 199 Å². The summed E-state index contributed by atoms with van der Waals surface area (Å²) in [6.07, 6.45) is 0. The van der Waals surface area contributed by atoms with Crippen LogP contribution in [-0.4, -0.2) is 4.57 Å². The van der Waals surface area contributed by atoms with Gasteiger partial charge in [-0.25, -0.2) is 0 Å². The van der Waals surface area contributed by atoms with Crippen LogP contribution in [0.25, 0.3) is 82.1 Å². The highest BCUT2D eigenvalue weighted by atomic mass is 16.3. The van der Waals surface area contributed by atoms with E-state index in [0.717, 1.165) is 55.8 Å². The molecule has 0 amide bonds. The molecule has 0 aliphatic heterocycles. The van der Waals surface area contributed by atoms with E-state index in [2.05, 4.69) is 204 Å². The summed E-state index contributed by atoms with van der Waals surface area (Å²) >= 11 is 0. The molecule has 0 aliphatic carbocycles. The van der Waals surface area contributed by atoms with Gasteiger partial charge in [-0.3, -0.25) is 0 Å². The Morgan fingerprint density at radius 1 is 0.396 bits per heavy atom. The van der Waals surface area contributed by atoms with Crippen LogP contribution in [0.5, 0.6) is 0 Å².